The third-order valence-corrected chi connectivity index (χ3v) is 3.60. The van der Waals surface area contributed by atoms with Crippen molar-refractivity contribution in [2.75, 3.05) is 19.8 Å². The first-order chi connectivity index (χ1) is 7.83. The van der Waals surface area contributed by atoms with Gasteiger partial charge in [-0.2, -0.15) is 0 Å². The van der Waals surface area contributed by atoms with Crippen molar-refractivity contribution in [1.29, 1.82) is 0 Å². The van der Waals surface area contributed by atoms with Gasteiger partial charge in [0, 0.05) is 0 Å². The van der Waals surface area contributed by atoms with Crippen LogP contribution in [0, 0.1) is 5.41 Å². The molecule has 0 radical (unpaired) electrons. The molecule has 1 aromatic rings. The van der Waals surface area contributed by atoms with Gasteiger partial charge in [0.2, 0.25) is 0 Å². The number of hydrogen-bond acceptors (Lipinski definition) is 3. The molecule has 3 heteroatoms. The van der Waals surface area contributed by atoms with Crippen molar-refractivity contribution in [3.8, 4) is 11.5 Å². The minimum absolute atomic E-state index is 0.343. The lowest BCUT2D eigenvalue weighted by Crippen LogP contribution is -2.20. The van der Waals surface area contributed by atoms with Gasteiger partial charge in [-0.15, -0.1) is 0 Å². The molecule has 1 aromatic carbocycles. The Morgan fingerprint density at radius 3 is 2.75 bits per heavy atom. The lowest BCUT2D eigenvalue weighted by Gasteiger charge is -2.22. The van der Waals surface area contributed by atoms with Crippen molar-refractivity contribution in [3.63, 3.8) is 0 Å². The molecule has 86 valence electrons. The van der Waals surface area contributed by atoms with E-state index < -0.39 is 0 Å². The zero-order chi connectivity index (χ0) is 11.0. The number of para-hydroxylation sites is 1. The summed E-state index contributed by atoms with van der Waals surface area (Å²) in [7, 11) is 0. The minimum Gasteiger partial charge on any atom is -0.486 e. The van der Waals surface area contributed by atoms with Gasteiger partial charge >= 0.3 is 0 Å². The van der Waals surface area contributed by atoms with E-state index in [4.69, 9.17) is 15.2 Å². The van der Waals surface area contributed by atoms with Gasteiger partial charge in [0.25, 0.3) is 0 Å². The van der Waals surface area contributed by atoms with Crippen LogP contribution in [0.25, 0.3) is 0 Å². The summed E-state index contributed by atoms with van der Waals surface area (Å²) < 4.78 is 11.3. The van der Waals surface area contributed by atoms with E-state index in [9.17, 15) is 0 Å². The van der Waals surface area contributed by atoms with E-state index in [2.05, 4.69) is 6.07 Å². The molecular weight excluding hydrogens is 202 g/mol. The molecule has 16 heavy (non-hydrogen) atoms. The van der Waals surface area contributed by atoms with Crippen molar-refractivity contribution < 1.29 is 9.47 Å². The SMILES string of the molecule is NCC1(Cc2cccc3c2OCCO3)CC1. The van der Waals surface area contributed by atoms with E-state index in [-0.39, 0.29) is 0 Å². The molecule has 0 bridgehead atoms. The smallest absolute Gasteiger partial charge is 0.164 e. The molecule has 3 rings (SSSR count). The second-order valence-electron chi connectivity index (χ2n) is 4.82. The van der Waals surface area contributed by atoms with Gasteiger partial charge in [-0.25, -0.2) is 0 Å². The summed E-state index contributed by atoms with van der Waals surface area (Å²) in [4.78, 5) is 0. The summed E-state index contributed by atoms with van der Waals surface area (Å²) in [6, 6.07) is 6.14. The van der Waals surface area contributed by atoms with Crippen molar-refractivity contribution in [3.05, 3.63) is 23.8 Å². The molecule has 2 aliphatic rings. The fourth-order valence-electron chi connectivity index (χ4n) is 2.31. The maximum atomic E-state index is 5.82. The standard InChI is InChI=1S/C13H17NO2/c14-9-13(4-5-13)8-10-2-1-3-11-12(10)16-7-6-15-11/h1-3H,4-9,14H2. The van der Waals surface area contributed by atoms with E-state index in [1.807, 2.05) is 12.1 Å². The van der Waals surface area contributed by atoms with E-state index in [0.717, 1.165) is 24.5 Å². The Morgan fingerprint density at radius 1 is 1.19 bits per heavy atom. The van der Waals surface area contributed by atoms with Crippen molar-refractivity contribution >= 4 is 0 Å². The first kappa shape index (κ1) is 9.97. The average molecular weight is 219 g/mol. The molecule has 0 spiro atoms. The number of rotatable bonds is 3. The van der Waals surface area contributed by atoms with E-state index in [1.54, 1.807) is 0 Å². The Hall–Kier alpha value is -1.22. The summed E-state index contributed by atoms with van der Waals surface area (Å²) in [6.07, 6.45) is 3.51. The van der Waals surface area contributed by atoms with Crippen molar-refractivity contribution in [2.45, 2.75) is 19.3 Å². The lowest BCUT2D eigenvalue weighted by atomic mass is 9.95. The quantitative estimate of drug-likeness (QED) is 0.842. The number of nitrogens with two attached hydrogens (primary N) is 1. The molecule has 0 saturated heterocycles. The van der Waals surface area contributed by atoms with Crippen LogP contribution in [0.4, 0.5) is 0 Å². The number of ether oxygens (including phenoxy) is 2. The van der Waals surface area contributed by atoms with Gasteiger partial charge < -0.3 is 15.2 Å². The Kier molecular flexibility index (Phi) is 2.28. The van der Waals surface area contributed by atoms with Gasteiger partial charge in [-0.05, 0) is 42.9 Å². The summed E-state index contributed by atoms with van der Waals surface area (Å²) in [5.74, 6) is 1.82. The second-order valence-corrected chi connectivity index (χ2v) is 4.82. The van der Waals surface area contributed by atoms with Crippen LogP contribution in [-0.2, 0) is 6.42 Å². The van der Waals surface area contributed by atoms with E-state index in [1.165, 1.54) is 18.4 Å². The first-order valence-electron chi connectivity index (χ1n) is 5.91. The van der Waals surface area contributed by atoms with Gasteiger partial charge in [-0.3, -0.25) is 0 Å². The van der Waals surface area contributed by atoms with Crippen LogP contribution < -0.4 is 15.2 Å². The third kappa shape index (κ3) is 1.65. The second kappa shape index (κ2) is 3.67. The highest BCUT2D eigenvalue weighted by Gasteiger charge is 2.41. The molecule has 2 N–H and O–H groups in total. The van der Waals surface area contributed by atoms with Crippen molar-refractivity contribution in [2.24, 2.45) is 11.1 Å². The van der Waals surface area contributed by atoms with Crippen LogP contribution in [0.3, 0.4) is 0 Å². The van der Waals surface area contributed by atoms with Crippen LogP contribution >= 0.6 is 0 Å². The highest BCUT2D eigenvalue weighted by molar-refractivity contribution is 5.48. The van der Waals surface area contributed by atoms with Gasteiger partial charge in [0.15, 0.2) is 11.5 Å². The molecule has 0 amide bonds. The molecule has 1 saturated carbocycles. The summed E-state index contributed by atoms with van der Waals surface area (Å²) in [5, 5.41) is 0. The molecule has 0 unspecified atom stereocenters. The predicted octanol–water partition coefficient (Wildman–Crippen LogP) is 1.74. The average Bonchev–Trinajstić information content (AvgIpc) is 3.10. The van der Waals surface area contributed by atoms with Crippen LogP contribution in [0.2, 0.25) is 0 Å². The maximum Gasteiger partial charge on any atom is 0.164 e. The zero-order valence-corrected chi connectivity index (χ0v) is 9.37. The van der Waals surface area contributed by atoms with Crippen LogP contribution in [-0.4, -0.2) is 19.8 Å². The van der Waals surface area contributed by atoms with Crippen LogP contribution in [0.1, 0.15) is 18.4 Å². The molecule has 0 atom stereocenters. The molecule has 1 heterocycles. The Balaban J connectivity index is 1.89. The lowest BCUT2D eigenvalue weighted by molar-refractivity contribution is 0.169. The minimum atomic E-state index is 0.343. The highest BCUT2D eigenvalue weighted by atomic mass is 16.6. The fraction of sp³-hybridized carbons (Fsp3) is 0.538. The third-order valence-electron chi connectivity index (χ3n) is 3.60. The molecular formula is C13H17NO2. The van der Waals surface area contributed by atoms with Gasteiger partial charge in [0.1, 0.15) is 13.2 Å². The summed E-state index contributed by atoms with van der Waals surface area (Å²) in [6.45, 7) is 2.08. The van der Waals surface area contributed by atoms with E-state index >= 15 is 0 Å². The Morgan fingerprint density at radius 2 is 2.00 bits per heavy atom. The maximum absolute atomic E-state index is 5.82. The van der Waals surface area contributed by atoms with Gasteiger partial charge in [-0.1, -0.05) is 12.1 Å². The fourth-order valence-corrected chi connectivity index (χ4v) is 2.31. The normalized spacial score (nSPS) is 20.6. The zero-order valence-electron chi connectivity index (χ0n) is 9.37. The van der Waals surface area contributed by atoms with E-state index in [0.29, 0.717) is 18.6 Å². The molecule has 1 fully saturated rings. The summed E-state index contributed by atoms with van der Waals surface area (Å²) >= 11 is 0. The van der Waals surface area contributed by atoms with Gasteiger partial charge in [0.05, 0.1) is 0 Å². The molecule has 0 aromatic heterocycles. The Labute approximate surface area is 95.5 Å². The molecule has 1 aliphatic heterocycles. The first-order valence-corrected chi connectivity index (χ1v) is 5.91. The summed E-state index contributed by atoms with van der Waals surface area (Å²) in [5.41, 5.74) is 7.41. The van der Waals surface area contributed by atoms with Crippen molar-refractivity contribution in [1.82, 2.24) is 0 Å². The Bertz CT molecular complexity index is 399. The number of fused-ring (bicyclic) bond motifs is 1. The number of hydrogen-bond donors (Lipinski definition) is 1. The van der Waals surface area contributed by atoms with Crippen LogP contribution in [0.5, 0.6) is 11.5 Å². The monoisotopic (exact) mass is 219 g/mol. The molecule has 1 aliphatic carbocycles. The highest BCUT2D eigenvalue weighted by Crippen LogP contribution is 2.49. The molecule has 3 nitrogen and oxygen atoms in total. The van der Waals surface area contributed by atoms with Crippen LogP contribution in [0.15, 0.2) is 18.2 Å². The predicted molar refractivity (Wildman–Crippen MR) is 61.9 cm³/mol. The number of benzene rings is 1. The largest absolute Gasteiger partial charge is 0.486 e. The topological polar surface area (TPSA) is 44.5 Å².